The first-order chi connectivity index (χ1) is 8.45. The van der Waals surface area contributed by atoms with Crippen molar-refractivity contribution in [3.05, 3.63) is 16.3 Å². The van der Waals surface area contributed by atoms with Gasteiger partial charge in [-0.05, 0) is 4.92 Å². The van der Waals surface area contributed by atoms with E-state index >= 15 is 0 Å². The van der Waals surface area contributed by atoms with Gasteiger partial charge in [0.2, 0.25) is 14.9 Å². The topological polar surface area (TPSA) is 121 Å². The minimum absolute atomic E-state index is 0.0318. The lowest BCUT2D eigenvalue weighted by molar-refractivity contribution is -0.392. The number of sulfonamides is 1. The van der Waals surface area contributed by atoms with Crippen molar-refractivity contribution in [1.29, 1.82) is 0 Å². The van der Waals surface area contributed by atoms with Crippen LogP contribution < -0.4 is 5.14 Å². The largest absolute Gasteiger partial charge is 0.410 e. The molecular formula is C6H6F4N4O4S. The van der Waals surface area contributed by atoms with E-state index in [0.717, 1.165) is 0 Å². The smallest absolute Gasteiger partial charge is 0.358 e. The maximum Gasteiger partial charge on any atom is 0.410 e. The van der Waals surface area contributed by atoms with Crippen LogP contribution >= 0.6 is 0 Å². The fraction of sp³-hybridized carbons (Fsp3) is 0.500. The van der Waals surface area contributed by atoms with Crippen LogP contribution in [0.4, 0.5) is 23.4 Å². The summed E-state index contributed by atoms with van der Waals surface area (Å²) in [7, 11) is -4.59. The van der Waals surface area contributed by atoms with Crippen LogP contribution in [0.3, 0.4) is 0 Å². The summed E-state index contributed by atoms with van der Waals surface area (Å²) < 4.78 is 71.2. The second-order valence-electron chi connectivity index (χ2n) is 3.38. The number of nitrogens with two attached hydrogens (primary N) is 1. The molecule has 1 aromatic heterocycles. The number of hydrogen-bond acceptors (Lipinski definition) is 5. The van der Waals surface area contributed by atoms with Gasteiger partial charge in [0.05, 0.1) is 11.3 Å². The minimum atomic E-state index is -4.59. The van der Waals surface area contributed by atoms with Crippen LogP contribution in [0.5, 0.6) is 0 Å². The highest BCUT2D eigenvalue weighted by Gasteiger charge is 2.43. The van der Waals surface area contributed by atoms with Crippen molar-refractivity contribution in [2.45, 2.75) is 23.8 Å². The summed E-state index contributed by atoms with van der Waals surface area (Å²) in [6.07, 6.45) is -3.74. The van der Waals surface area contributed by atoms with Crippen LogP contribution in [-0.2, 0) is 16.6 Å². The summed E-state index contributed by atoms with van der Waals surface area (Å²) in [6.45, 7) is -1.72. The van der Waals surface area contributed by atoms with Crippen LogP contribution in [0.2, 0.25) is 0 Å². The number of nitro groups is 1. The quantitative estimate of drug-likeness (QED) is 0.477. The minimum Gasteiger partial charge on any atom is -0.358 e. The molecule has 1 rings (SSSR count). The van der Waals surface area contributed by atoms with E-state index in [9.17, 15) is 36.1 Å². The molecule has 8 nitrogen and oxygen atoms in total. The molecule has 0 radical (unpaired) electrons. The molecule has 1 heterocycles. The Morgan fingerprint density at radius 3 is 2.37 bits per heavy atom. The summed E-state index contributed by atoms with van der Waals surface area (Å²) in [4.78, 5) is 8.04. The molecule has 0 aromatic carbocycles. The van der Waals surface area contributed by atoms with E-state index in [1.165, 1.54) is 0 Å². The molecule has 0 aliphatic rings. The van der Waals surface area contributed by atoms with Gasteiger partial charge in [-0.2, -0.15) is 13.5 Å². The maximum atomic E-state index is 12.7. The Bertz CT molecular complexity index is 598. The number of primary sulfonamides is 1. The van der Waals surface area contributed by atoms with E-state index in [1.54, 1.807) is 0 Å². The van der Waals surface area contributed by atoms with Crippen molar-refractivity contribution in [3.8, 4) is 0 Å². The van der Waals surface area contributed by atoms with Gasteiger partial charge in [0.1, 0.15) is 6.54 Å². The van der Waals surface area contributed by atoms with Crippen molar-refractivity contribution >= 4 is 15.8 Å². The van der Waals surface area contributed by atoms with Gasteiger partial charge in [0.25, 0.3) is 0 Å². The molecule has 2 N–H and O–H groups in total. The molecular weight excluding hydrogens is 300 g/mol. The molecule has 0 saturated carbocycles. The van der Waals surface area contributed by atoms with Gasteiger partial charge in [-0.25, -0.2) is 22.3 Å². The van der Waals surface area contributed by atoms with Gasteiger partial charge < -0.3 is 10.1 Å². The molecule has 0 saturated heterocycles. The van der Waals surface area contributed by atoms with Gasteiger partial charge in [-0.3, -0.25) is 0 Å². The number of nitrogens with zero attached hydrogens (tertiary/aromatic N) is 3. The summed E-state index contributed by atoms with van der Waals surface area (Å²) in [5, 5.41) is 18.0. The van der Waals surface area contributed by atoms with Crippen molar-refractivity contribution < 1.29 is 30.9 Å². The number of hydrogen-bond donors (Lipinski definition) is 1. The Hall–Kier alpha value is -1.76. The third-order valence-corrected chi connectivity index (χ3v) is 2.78. The second kappa shape index (κ2) is 4.73. The fourth-order valence-electron chi connectivity index (χ4n) is 1.09. The predicted octanol–water partition coefficient (Wildman–Crippen LogP) is 0.339. The van der Waals surface area contributed by atoms with Gasteiger partial charge >= 0.3 is 18.2 Å². The van der Waals surface area contributed by atoms with Gasteiger partial charge in [0, 0.05) is 0 Å². The zero-order chi connectivity index (χ0) is 15.0. The van der Waals surface area contributed by atoms with Gasteiger partial charge in [-0.15, -0.1) is 0 Å². The van der Waals surface area contributed by atoms with Gasteiger partial charge in [-0.1, -0.05) is 0 Å². The molecule has 0 fully saturated rings. The number of rotatable bonds is 5. The highest BCUT2D eigenvalue weighted by atomic mass is 32.2. The number of alkyl halides is 4. The van der Waals surface area contributed by atoms with Crippen molar-refractivity contribution in [2.75, 3.05) is 0 Å². The van der Waals surface area contributed by atoms with E-state index < -0.39 is 44.6 Å². The zero-order valence-electron chi connectivity index (χ0n) is 8.83. The Kier molecular flexibility index (Phi) is 3.81. The highest BCUT2D eigenvalue weighted by molar-refractivity contribution is 7.89. The highest BCUT2D eigenvalue weighted by Crippen LogP contribution is 2.27. The molecule has 13 heteroatoms. The summed E-state index contributed by atoms with van der Waals surface area (Å²) in [5.74, 6) is -5.83. The molecule has 0 aliphatic carbocycles. The molecule has 0 amide bonds. The lowest BCUT2D eigenvalue weighted by atomic mass is 10.3. The van der Waals surface area contributed by atoms with E-state index in [0.29, 0.717) is 6.20 Å². The SMILES string of the molecule is NS(=O)(=O)c1cn(CC(F)(F)C(F)F)nc1[N+](=O)[O-]. The molecule has 0 bridgehead atoms. The fourth-order valence-corrected chi connectivity index (χ4v) is 1.72. The van der Waals surface area contributed by atoms with E-state index in [2.05, 4.69) is 10.2 Å². The number of aromatic nitrogens is 2. The van der Waals surface area contributed by atoms with Crippen LogP contribution in [0.1, 0.15) is 0 Å². The molecule has 108 valence electrons. The predicted molar refractivity (Wildman–Crippen MR) is 51.2 cm³/mol. The van der Waals surface area contributed by atoms with Crippen LogP contribution in [0.15, 0.2) is 11.1 Å². The Morgan fingerprint density at radius 1 is 1.53 bits per heavy atom. The molecule has 0 aliphatic heterocycles. The molecule has 0 spiro atoms. The van der Waals surface area contributed by atoms with Gasteiger partial charge in [0.15, 0.2) is 0 Å². The van der Waals surface area contributed by atoms with Crippen molar-refractivity contribution in [2.24, 2.45) is 5.14 Å². The first kappa shape index (κ1) is 15.3. The lowest BCUT2D eigenvalue weighted by Crippen LogP contribution is -2.32. The maximum absolute atomic E-state index is 12.7. The molecule has 0 unspecified atom stereocenters. The molecule has 1 aromatic rings. The van der Waals surface area contributed by atoms with E-state index in [-0.39, 0.29) is 4.68 Å². The Balaban J connectivity index is 3.24. The third-order valence-electron chi connectivity index (χ3n) is 1.88. The normalized spacial score (nSPS) is 12.9. The summed E-state index contributed by atoms with van der Waals surface area (Å²) >= 11 is 0. The average molecular weight is 306 g/mol. The Labute approximate surface area is 103 Å². The van der Waals surface area contributed by atoms with Crippen LogP contribution in [0, 0.1) is 10.1 Å². The average Bonchev–Trinajstić information content (AvgIpc) is 2.60. The molecule has 19 heavy (non-hydrogen) atoms. The lowest BCUT2D eigenvalue weighted by Gasteiger charge is -2.12. The first-order valence-corrected chi connectivity index (χ1v) is 5.90. The molecule has 0 atom stereocenters. The summed E-state index contributed by atoms with van der Waals surface area (Å²) in [6, 6.07) is 0. The van der Waals surface area contributed by atoms with Crippen molar-refractivity contribution in [1.82, 2.24) is 9.78 Å². The second-order valence-corrected chi connectivity index (χ2v) is 4.91. The van der Waals surface area contributed by atoms with Crippen LogP contribution in [-0.4, -0.2) is 35.5 Å². The zero-order valence-corrected chi connectivity index (χ0v) is 9.65. The van der Waals surface area contributed by atoms with E-state index in [4.69, 9.17) is 0 Å². The number of halogens is 4. The first-order valence-electron chi connectivity index (χ1n) is 4.36. The Morgan fingerprint density at radius 2 is 2.05 bits per heavy atom. The summed E-state index contributed by atoms with van der Waals surface area (Å²) in [5.41, 5.74) is 0. The van der Waals surface area contributed by atoms with E-state index in [1.807, 2.05) is 0 Å². The standard InChI is InChI=1S/C6H6F4N4O4S/c7-5(8)6(9,10)2-13-1-3(19(11,17)18)4(12-13)14(15)16/h1,5H,2H2,(H2,11,17,18). The van der Waals surface area contributed by atoms with Crippen molar-refractivity contribution in [3.63, 3.8) is 0 Å². The third kappa shape index (κ3) is 3.37. The van der Waals surface area contributed by atoms with Crippen LogP contribution in [0.25, 0.3) is 0 Å². The monoisotopic (exact) mass is 306 g/mol.